The molecule has 0 aliphatic heterocycles. The largest absolute Gasteiger partial charge is 0.261 e. The van der Waals surface area contributed by atoms with Gasteiger partial charge in [0.25, 0.3) is 0 Å². The van der Waals surface area contributed by atoms with Crippen LogP contribution in [-0.2, 0) is 10.8 Å². The van der Waals surface area contributed by atoms with E-state index in [0.717, 1.165) is 22.9 Å². The molecule has 0 aromatic carbocycles. The molecule has 0 amide bonds. The molecule has 2 rings (SSSR count). The van der Waals surface area contributed by atoms with Crippen LogP contribution in [0.25, 0.3) is 11.4 Å². The fourth-order valence-electron chi connectivity index (χ4n) is 1.78. The molecule has 0 spiro atoms. The van der Waals surface area contributed by atoms with Crippen LogP contribution < -0.4 is 0 Å². The molecular weight excluding hydrogens is 260 g/mol. The van der Waals surface area contributed by atoms with E-state index >= 15 is 0 Å². The lowest BCUT2D eigenvalue weighted by Crippen LogP contribution is -2.24. The first-order valence-electron chi connectivity index (χ1n) is 7.27. The summed E-state index contributed by atoms with van der Waals surface area (Å²) in [6.45, 7) is 14.7. The van der Waals surface area contributed by atoms with Crippen molar-refractivity contribution in [1.82, 2.24) is 19.9 Å². The second kappa shape index (κ2) is 5.17. The predicted octanol–water partition coefficient (Wildman–Crippen LogP) is 3.84. The number of hydrogen-bond donors (Lipinski definition) is 0. The smallest absolute Gasteiger partial charge is 0.164 e. The number of hydrogen-bond acceptors (Lipinski definition) is 4. The lowest BCUT2D eigenvalue weighted by Gasteiger charge is -2.22. The summed E-state index contributed by atoms with van der Waals surface area (Å²) in [5, 5.41) is 0. The summed E-state index contributed by atoms with van der Waals surface area (Å²) in [4.78, 5) is 18.3. The van der Waals surface area contributed by atoms with Gasteiger partial charge >= 0.3 is 0 Å². The molecule has 2 heterocycles. The molecule has 0 fully saturated rings. The molecule has 4 heteroatoms. The molecule has 2 aromatic heterocycles. The van der Waals surface area contributed by atoms with Gasteiger partial charge in [0.1, 0.15) is 11.6 Å². The summed E-state index contributed by atoms with van der Waals surface area (Å²) >= 11 is 0. The van der Waals surface area contributed by atoms with Gasteiger partial charge in [0.2, 0.25) is 0 Å². The third-order valence-electron chi connectivity index (χ3n) is 3.15. The fraction of sp³-hybridized carbons (Fsp3) is 0.529. The van der Waals surface area contributed by atoms with Gasteiger partial charge in [0.15, 0.2) is 5.82 Å². The molecule has 0 saturated heterocycles. The molecule has 0 N–H and O–H groups in total. The topological polar surface area (TPSA) is 51.6 Å². The quantitative estimate of drug-likeness (QED) is 0.798. The Morgan fingerprint density at radius 1 is 0.762 bits per heavy atom. The first-order chi connectivity index (χ1) is 9.57. The second-order valence-electron chi connectivity index (χ2n) is 7.49. The van der Waals surface area contributed by atoms with E-state index in [1.54, 1.807) is 0 Å². The van der Waals surface area contributed by atoms with Crippen molar-refractivity contribution in [3.8, 4) is 11.4 Å². The van der Waals surface area contributed by atoms with Gasteiger partial charge in [-0.2, -0.15) is 0 Å². The summed E-state index contributed by atoms with van der Waals surface area (Å²) in [7, 11) is 0. The highest BCUT2D eigenvalue weighted by Crippen LogP contribution is 2.26. The average molecular weight is 284 g/mol. The van der Waals surface area contributed by atoms with Crippen LogP contribution in [0.4, 0.5) is 0 Å². The first kappa shape index (κ1) is 15.5. The van der Waals surface area contributed by atoms with Gasteiger partial charge in [-0.3, -0.25) is 4.98 Å². The molecule has 21 heavy (non-hydrogen) atoms. The number of aryl methyl sites for hydroxylation is 1. The van der Waals surface area contributed by atoms with Crippen molar-refractivity contribution in [2.45, 2.75) is 59.3 Å². The molecule has 0 atom stereocenters. The Bertz CT molecular complexity index is 599. The fourth-order valence-corrected chi connectivity index (χ4v) is 1.78. The minimum atomic E-state index is -0.115. The summed E-state index contributed by atoms with van der Waals surface area (Å²) in [5.74, 6) is 2.34. The number of aromatic nitrogens is 4. The van der Waals surface area contributed by atoms with Gasteiger partial charge in [-0.1, -0.05) is 41.5 Å². The van der Waals surface area contributed by atoms with Crippen molar-refractivity contribution in [3.05, 3.63) is 35.7 Å². The van der Waals surface area contributed by atoms with Crippen LogP contribution >= 0.6 is 0 Å². The highest BCUT2D eigenvalue weighted by Gasteiger charge is 2.25. The first-order valence-corrected chi connectivity index (χ1v) is 7.27. The third-order valence-corrected chi connectivity index (χ3v) is 3.15. The van der Waals surface area contributed by atoms with Crippen molar-refractivity contribution in [1.29, 1.82) is 0 Å². The van der Waals surface area contributed by atoms with E-state index < -0.39 is 0 Å². The summed E-state index contributed by atoms with van der Waals surface area (Å²) in [6, 6.07) is 3.99. The zero-order chi connectivity index (χ0) is 15.8. The Morgan fingerprint density at radius 2 is 1.29 bits per heavy atom. The van der Waals surface area contributed by atoms with Gasteiger partial charge in [-0.05, 0) is 19.1 Å². The molecule has 0 unspecified atom stereocenters. The van der Waals surface area contributed by atoms with Gasteiger partial charge in [-0.25, -0.2) is 15.0 Å². The predicted molar refractivity (Wildman–Crippen MR) is 85.2 cm³/mol. The Morgan fingerprint density at radius 3 is 1.67 bits per heavy atom. The highest BCUT2D eigenvalue weighted by atomic mass is 15.1. The van der Waals surface area contributed by atoms with Crippen LogP contribution in [0.3, 0.4) is 0 Å². The Labute approximate surface area is 127 Å². The van der Waals surface area contributed by atoms with Crippen molar-refractivity contribution in [2.24, 2.45) is 0 Å². The summed E-state index contributed by atoms with van der Waals surface area (Å²) in [5.41, 5.74) is 1.69. The molecule has 0 saturated carbocycles. The normalized spacial score (nSPS) is 12.5. The standard InChI is InChI=1S/C17H24N4/c1-11-8-9-12(10-18-11)13-19-14(16(2,3)4)21-15(20-13)17(5,6)7/h8-10H,1-7H3. The van der Waals surface area contributed by atoms with Gasteiger partial charge in [0, 0.05) is 28.3 Å². The lowest BCUT2D eigenvalue weighted by molar-refractivity contribution is 0.497. The third kappa shape index (κ3) is 3.63. The van der Waals surface area contributed by atoms with Gasteiger partial charge in [-0.15, -0.1) is 0 Å². The minimum absolute atomic E-state index is 0.115. The maximum atomic E-state index is 4.68. The lowest BCUT2D eigenvalue weighted by atomic mass is 9.93. The van der Waals surface area contributed by atoms with Crippen LogP contribution in [0.1, 0.15) is 58.9 Å². The van der Waals surface area contributed by atoms with Crippen LogP contribution in [0, 0.1) is 6.92 Å². The second-order valence-corrected chi connectivity index (χ2v) is 7.49. The maximum Gasteiger partial charge on any atom is 0.164 e. The molecule has 2 aromatic rings. The van der Waals surface area contributed by atoms with E-state index in [-0.39, 0.29) is 10.8 Å². The van der Waals surface area contributed by atoms with Crippen LogP contribution in [0.15, 0.2) is 18.3 Å². The molecule has 0 radical (unpaired) electrons. The van der Waals surface area contributed by atoms with Crippen LogP contribution in [-0.4, -0.2) is 19.9 Å². The van der Waals surface area contributed by atoms with E-state index in [4.69, 9.17) is 0 Å². The molecule has 0 aliphatic carbocycles. The summed E-state index contributed by atoms with van der Waals surface area (Å²) in [6.07, 6.45) is 1.82. The highest BCUT2D eigenvalue weighted by molar-refractivity contribution is 5.53. The van der Waals surface area contributed by atoms with Crippen molar-refractivity contribution < 1.29 is 0 Å². The van der Waals surface area contributed by atoms with Gasteiger partial charge < -0.3 is 0 Å². The molecular formula is C17H24N4. The molecule has 112 valence electrons. The Hall–Kier alpha value is -1.84. The Balaban J connectivity index is 2.63. The van der Waals surface area contributed by atoms with Crippen LogP contribution in [0.2, 0.25) is 0 Å². The van der Waals surface area contributed by atoms with E-state index in [0.29, 0.717) is 5.82 Å². The van der Waals surface area contributed by atoms with Crippen molar-refractivity contribution >= 4 is 0 Å². The average Bonchev–Trinajstić information content (AvgIpc) is 2.37. The molecule has 0 bridgehead atoms. The van der Waals surface area contributed by atoms with Crippen LogP contribution in [0.5, 0.6) is 0 Å². The van der Waals surface area contributed by atoms with Crippen molar-refractivity contribution in [3.63, 3.8) is 0 Å². The minimum Gasteiger partial charge on any atom is -0.261 e. The van der Waals surface area contributed by atoms with E-state index in [1.807, 2.05) is 25.3 Å². The van der Waals surface area contributed by atoms with E-state index in [2.05, 4.69) is 61.5 Å². The Kier molecular flexibility index (Phi) is 3.83. The number of pyridine rings is 1. The zero-order valence-electron chi connectivity index (χ0n) is 14.0. The number of rotatable bonds is 1. The SMILES string of the molecule is Cc1ccc(-c2nc(C(C)(C)C)nc(C(C)(C)C)n2)cn1. The van der Waals surface area contributed by atoms with Crippen molar-refractivity contribution in [2.75, 3.05) is 0 Å². The monoisotopic (exact) mass is 284 g/mol. The van der Waals surface area contributed by atoms with E-state index in [1.165, 1.54) is 0 Å². The maximum absolute atomic E-state index is 4.68. The van der Waals surface area contributed by atoms with Gasteiger partial charge in [0.05, 0.1) is 0 Å². The molecule has 4 nitrogen and oxygen atoms in total. The summed E-state index contributed by atoms with van der Waals surface area (Å²) < 4.78 is 0. The zero-order valence-corrected chi connectivity index (χ0v) is 14.0. The number of nitrogens with zero attached hydrogens (tertiary/aromatic N) is 4. The van der Waals surface area contributed by atoms with E-state index in [9.17, 15) is 0 Å². The molecule has 0 aliphatic rings.